The molecule has 4 heterocycles. The SMILES string of the molecule is CN(C(=O)CCC(F)(F)F)C1CN(c2ccc3nnc(-c4cccnc4)n3n2)C1. The lowest BCUT2D eigenvalue weighted by atomic mass is 10.1. The van der Waals surface area contributed by atoms with Crippen LogP contribution >= 0.6 is 0 Å². The molecule has 0 bridgehead atoms. The minimum absolute atomic E-state index is 0.146. The van der Waals surface area contributed by atoms with Crippen molar-refractivity contribution < 1.29 is 18.0 Å². The molecule has 0 unspecified atom stereocenters. The van der Waals surface area contributed by atoms with Crippen LogP contribution in [0.5, 0.6) is 0 Å². The van der Waals surface area contributed by atoms with E-state index in [-0.39, 0.29) is 6.04 Å². The standard InChI is InChI=1S/C18H18F3N7O/c1-26(16(29)6-7-18(19,20)21)13-10-27(11-13)15-5-4-14-23-24-17(28(14)25-15)12-3-2-8-22-9-12/h2-5,8-9,13H,6-7,10-11H2,1H3. The van der Waals surface area contributed by atoms with Gasteiger partial charge in [-0.15, -0.1) is 15.3 Å². The predicted octanol–water partition coefficient (Wildman–Crippen LogP) is 2.18. The first-order valence-electron chi connectivity index (χ1n) is 9.02. The van der Waals surface area contributed by atoms with Gasteiger partial charge in [-0.2, -0.15) is 17.7 Å². The highest BCUT2D eigenvalue weighted by molar-refractivity contribution is 5.76. The highest BCUT2D eigenvalue weighted by Crippen LogP contribution is 2.25. The average molecular weight is 405 g/mol. The number of carbonyl (C=O) groups is 1. The van der Waals surface area contributed by atoms with Gasteiger partial charge in [0.15, 0.2) is 11.5 Å². The van der Waals surface area contributed by atoms with Crippen molar-refractivity contribution in [3.63, 3.8) is 0 Å². The van der Waals surface area contributed by atoms with Crippen LogP contribution < -0.4 is 4.90 Å². The number of aromatic nitrogens is 5. The van der Waals surface area contributed by atoms with Gasteiger partial charge in [0, 0.05) is 44.5 Å². The molecule has 0 spiro atoms. The van der Waals surface area contributed by atoms with E-state index < -0.39 is 24.9 Å². The highest BCUT2D eigenvalue weighted by Gasteiger charge is 2.35. The average Bonchev–Trinajstić information content (AvgIpc) is 3.08. The first kappa shape index (κ1) is 19.1. The minimum atomic E-state index is -4.33. The predicted molar refractivity (Wildman–Crippen MR) is 98.1 cm³/mol. The summed E-state index contributed by atoms with van der Waals surface area (Å²) in [7, 11) is 1.54. The van der Waals surface area contributed by atoms with Gasteiger partial charge in [-0.1, -0.05) is 0 Å². The molecule has 4 rings (SSSR count). The third-order valence-corrected chi connectivity index (χ3v) is 4.92. The summed E-state index contributed by atoms with van der Waals surface area (Å²) in [6, 6.07) is 7.11. The van der Waals surface area contributed by atoms with Crippen LogP contribution in [0.15, 0.2) is 36.7 Å². The van der Waals surface area contributed by atoms with Crippen molar-refractivity contribution in [3.05, 3.63) is 36.7 Å². The van der Waals surface area contributed by atoms with Crippen molar-refractivity contribution >= 4 is 17.4 Å². The fraction of sp³-hybridized carbons (Fsp3) is 0.389. The number of amides is 1. The number of pyridine rings is 1. The van der Waals surface area contributed by atoms with Crippen molar-refractivity contribution in [1.29, 1.82) is 0 Å². The summed E-state index contributed by atoms with van der Waals surface area (Å²) in [4.78, 5) is 19.4. The van der Waals surface area contributed by atoms with E-state index in [9.17, 15) is 18.0 Å². The number of hydrogen-bond acceptors (Lipinski definition) is 6. The van der Waals surface area contributed by atoms with Crippen LogP contribution in [0.1, 0.15) is 12.8 Å². The molecule has 0 atom stereocenters. The first-order chi connectivity index (χ1) is 13.8. The zero-order valence-electron chi connectivity index (χ0n) is 15.5. The van der Waals surface area contributed by atoms with Crippen molar-refractivity contribution in [3.8, 4) is 11.4 Å². The number of likely N-dealkylation sites (N-methyl/N-ethyl adjacent to an activating group) is 1. The summed E-state index contributed by atoms with van der Waals surface area (Å²) >= 11 is 0. The molecule has 1 fully saturated rings. The highest BCUT2D eigenvalue weighted by atomic mass is 19.4. The molecule has 0 saturated carbocycles. The van der Waals surface area contributed by atoms with E-state index in [0.29, 0.717) is 30.4 Å². The maximum Gasteiger partial charge on any atom is 0.389 e. The van der Waals surface area contributed by atoms with Crippen molar-refractivity contribution in [2.24, 2.45) is 0 Å². The monoisotopic (exact) mass is 405 g/mol. The molecule has 11 heteroatoms. The zero-order chi connectivity index (χ0) is 20.6. The number of anilines is 1. The Labute approximate surface area is 164 Å². The molecule has 1 aliphatic heterocycles. The summed E-state index contributed by atoms with van der Waals surface area (Å²) in [5.74, 6) is 0.731. The molecule has 3 aromatic rings. The molecule has 3 aromatic heterocycles. The van der Waals surface area contributed by atoms with Crippen molar-refractivity contribution in [2.45, 2.75) is 25.1 Å². The Hall–Kier alpha value is -3.24. The fourth-order valence-electron chi connectivity index (χ4n) is 3.14. The summed E-state index contributed by atoms with van der Waals surface area (Å²) < 4.78 is 38.6. The molecule has 0 radical (unpaired) electrons. The van der Waals surface area contributed by atoms with Crippen LogP contribution in [0.3, 0.4) is 0 Å². The van der Waals surface area contributed by atoms with Crippen LogP contribution in [0.25, 0.3) is 17.0 Å². The number of alkyl halides is 3. The van der Waals surface area contributed by atoms with E-state index in [1.165, 1.54) is 11.9 Å². The van der Waals surface area contributed by atoms with Gasteiger partial charge >= 0.3 is 6.18 Å². The van der Waals surface area contributed by atoms with Gasteiger partial charge < -0.3 is 9.80 Å². The van der Waals surface area contributed by atoms with Gasteiger partial charge in [0.2, 0.25) is 5.91 Å². The molecule has 8 nitrogen and oxygen atoms in total. The van der Waals surface area contributed by atoms with Gasteiger partial charge in [0.1, 0.15) is 5.82 Å². The largest absolute Gasteiger partial charge is 0.389 e. The third kappa shape index (κ3) is 3.98. The van der Waals surface area contributed by atoms with Crippen molar-refractivity contribution in [1.82, 2.24) is 29.7 Å². The zero-order valence-corrected chi connectivity index (χ0v) is 15.5. The summed E-state index contributed by atoms with van der Waals surface area (Å²) in [5.41, 5.74) is 1.37. The summed E-state index contributed by atoms with van der Waals surface area (Å²) in [6.45, 7) is 0.994. The smallest absolute Gasteiger partial charge is 0.351 e. The molecule has 152 valence electrons. The Bertz CT molecular complexity index is 1020. The maximum atomic E-state index is 12.3. The molecule has 0 N–H and O–H groups in total. The van der Waals surface area contributed by atoms with Gasteiger partial charge in [0.05, 0.1) is 12.5 Å². The molecular weight excluding hydrogens is 387 g/mol. The van der Waals surface area contributed by atoms with E-state index in [0.717, 1.165) is 5.56 Å². The number of carbonyl (C=O) groups excluding carboxylic acids is 1. The second-order valence-corrected chi connectivity index (χ2v) is 6.91. The Morgan fingerprint density at radius 2 is 2.03 bits per heavy atom. The van der Waals surface area contributed by atoms with Crippen LogP contribution in [0.2, 0.25) is 0 Å². The van der Waals surface area contributed by atoms with Crippen LogP contribution in [-0.4, -0.2) is 68.0 Å². The molecule has 1 amide bonds. The van der Waals surface area contributed by atoms with Crippen LogP contribution in [0, 0.1) is 0 Å². The maximum absolute atomic E-state index is 12.3. The fourth-order valence-corrected chi connectivity index (χ4v) is 3.14. The Kier molecular flexibility index (Phi) is 4.81. The van der Waals surface area contributed by atoms with E-state index in [2.05, 4.69) is 20.3 Å². The van der Waals surface area contributed by atoms with Gasteiger partial charge in [-0.3, -0.25) is 9.78 Å². The number of halogens is 3. The van der Waals surface area contributed by atoms with Crippen LogP contribution in [-0.2, 0) is 4.79 Å². The number of rotatable bonds is 5. The molecule has 0 aliphatic carbocycles. The summed E-state index contributed by atoms with van der Waals surface area (Å²) in [5, 5.41) is 12.8. The molecule has 29 heavy (non-hydrogen) atoms. The third-order valence-electron chi connectivity index (χ3n) is 4.92. The van der Waals surface area contributed by atoms with E-state index in [1.807, 2.05) is 11.0 Å². The quantitative estimate of drug-likeness (QED) is 0.647. The van der Waals surface area contributed by atoms with E-state index in [4.69, 9.17) is 0 Å². The minimum Gasteiger partial charge on any atom is -0.351 e. The normalized spacial score (nSPS) is 14.8. The molecule has 1 aliphatic rings. The lowest BCUT2D eigenvalue weighted by Crippen LogP contribution is -2.60. The second kappa shape index (κ2) is 7.30. The van der Waals surface area contributed by atoms with E-state index >= 15 is 0 Å². The molecule has 0 aromatic carbocycles. The molecule has 1 saturated heterocycles. The Balaban J connectivity index is 1.44. The first-order valence-corrected chi connectivity index (χ1v) is 9.02. The number of nitrogens with zero attached hydrogens (tertiary/aromatic N) is 7. The topological polar surface area (TPSA) is 79.5 Å². The second-order valence-electron chi connectivity index (χ2n) is 6.91. The lowest BCUT2D eigenvalue weighted by Gasteiger charge is -2.44. The van der Waals surface area contributed by atoms with Crippen LogP contribution in [0.4, 0.5) is 19.0 Å². The number of hydrogen-bond donors (Lipinski definition) is 0. The summed E-state index contributed by atoms with van der Waals surface area (Å²) in [6.07, 6.45) is -2.62. The van der Waals surface area contributed by atoms with Gasteiger partial charge in [0.25, 0.3) is 0 Å². The number of fused-ring (bicyclic) bond motifs is 1. The molecular formula is C18H18F3N7O. The Morgan fingerprint density at radius 3 is 2.72 bits per heavy atom. The van der Waals surface area contributed by atoms with Gasteiger partial charge in [-0.25, -0.2) is 0 Å². The van der Waals surface area contributed by atoms with E-state index in [1.54, 1.807) is 35.1 Å². The lowest BCUT2D eigenvalue weighted by molar-refractivity contribution is -0.149. The van der Waals surface area contributed by atoms with Gasteiger partial charge in [-0.05, 0) is 24.3 Å². The van der Waals surface area contributed by atoms with Crippen molar-refractivity contribution in [2.75, 3.05) is 25.0 Å². The Morgan fingerprint density at radius 1 is 1.24 bits per heavy atom.